The third-order valence-corrected chi connectivity index (χ3v) is 5.81. The van der Waals surface area contributed by atoms with E-state index in [-0.39, 0.29) is 22.5 Å². The number of aromatic nitrogens is 4. The number of likely N-dealkylation sites (N-methyl/N-ethyl adjacent to an activating group) is 1. The van der Waals surface area contributed by atoms with Gasteiger partial charge in [0, 0.05) is 48.8 Å². The highest BCUT2D eigenvalue weighted by molar-refractivity contribution is 5.99. The van der Waals surface area contributed by atoms with Crippen molar-refractivity contribution in [1.29, 1.82) is 0 Å². The summed E-state index contributed by atoms with van der Waals surface area (Å²) in [5.74, 6) is 0.550. The largest absolute Gasteiger partial charge is 0.359 e. The van der Waals surface area contributed by atoms with Crippen LogP contribution in [-0.4, -0.2) is 57.8 Å². The molecule has 4 aromatic rings. The fraction of sp³-hybridized carbons (Fsp3) is 0.346. The van der Waals surface area contributed by atoms with Gasteiger partial charge in [0.15, 0.2) is 5.82 Å². The minimum atomic E-state index is -0.705. The topological polar surface area (TPSA) is 130 Å². The number of pyridine rings is 1. The van der Waals surface area contributed by atoms with Gasteiger partial charge in [0.1, 0.15) is 17.2 Å². The van der Waals surface area contributed by atoms with Crippen LogP contribution in [0.4, 0.5) is 26.6 Å². The molecule has 0 aliphatic carbocycles. The summed E-state index contributed by atoms with van der Waals surface area (Å²) in [6, 6.07) is 6.63. The fourth-order valence-electron chi connectivity index (χ4n) is 3.68. The first kappa shape index (κ1) is 26.7. The van der Waals surface area contributed by atoms with Crippen LogP contribution in [0.25, 0.3) is 22.2 Å². The second-order valence-corrected chi connectivity index (χ2v) is 10.2. The lowest BCUT2D eigenvalue weighted by molar-refractivity contribution is 0.261. The van der Waals surface area contributed by atoms with E-state index in [2.05, 4.69) is 31.1 Å². The van der Waals surface area contributed by atoms with Crippen LogP contribution in [0, 0.1) is 5.82 Å². The maximum absolute atomic E-state index is 14.6. The van der Waals surface area contributed by atoms with Crippen molar-refractivity contribution in [2.75, 3.05) is 43.1 Å². The standard InChI is InChI=1S/C26H31FN8O3/c1-26(2,3)20-13-21(33-38-20)31-25(37)30-19-12-15(7-8-18(19)27)17-11-16-14-29-24(28-9-10-34(4)5)32-22(16)35(6)23(17)36/h7-8,11-14H,9-10H2,1-6H3,(H,28,29,32)(H2,30,31,33,37). The van der Waals surface area contributed by atoms with Gasteiger partial charge in [0.2, 0.25) is 5.95 Å². The lowest BCUT2D eigenvalue weighted by atomic mass is 9.93. The molecule has 0 spiro atoms. The summed E-state index contributed by atoms with van der Waals surface area (Å²) in [4.78, 5) is 36.6. The monoisotopic (exact) mass is 522 g/mol. The Bertz CT molecular complexity index is 1540. The smallest absolute Gasteiger partial charge is 0.325 e. The van der Waals surface area contributed by atoms with Crippen LogP contribution < -0.4 is 21.5 Å². The van der Waals surface area contributed by atoms with Crippen molar-refractivity contribution in [3.05, 3.63) is 58.5 Å². The number of halogens is 1. The summed E-state index contributed by atoms with van der Waals surface area (Å²) in [6.45, 7) is 7.30. The number of nitrogens with zero attached hydrogens (tertiary/aromatic N) is 5. The highest BCUT2D eigenvalue weighted by Crippen LogP contribution is 2.27. The zero-order chi connectivity index (χ0) is 27.6. The Hall–Kier alpha value is -4.32. The Balaban J connectivity index is 1.57. The van der Waals surface area contributed by atoms with Crippen molar-refractivity contribution in [3.8, 4) is 11.1 Å². The molecule has 0 bridgehead atoms. The molecule has 38 heavy (non-hydrogen) atoms. The van der Waals surface area contributed by atoms with E-state index in [9.17, 15) is 14.0 Å². The summed E-state index contributed by atoms with van der Waals surface area (Å²) in [5.41, 5.74) is 0.488. The molecule has 200 valence electrons. The zero-order valence-corrected chi connectivity index (χ0v) is 22.2. The van der Waals surface area contributed by atoms with Gasteiger partial charge >= 0.3 is 6.03 Å². The van der Waals surface area contributed by atoms with E-state index in [1.807, 2.05) is 39.8 Å². The lowest BCUT2D eigenvalue weighted by Gasteiger charge is -2.13. The van der Waals surface area contributed by atoms with E-state index in [0.29, 0.717) is 40.4 Å². The Morgan fingerprint density at radius 2 is 1.92 bits per heavy atom. The normalized spacial score (nSPS) is 11.7. The van der Waals surface area contributed by atoms with Gasteiger partial charge in [-0.1, -0.05) is 32.0 Å². The second kappa shape index (κ2) is 10.6. The average Bonchev–Trinajstić information content (AvgIpc) is 3.32. The molecule has 2 amide bonds. The molecule has 0 fully saturated rings. The summed E-state index contributed by atoms with van der Waals surface area (Å²) >= 11 is 0. The maximum atomic E-state index is 14.6. The molecule has 12 heteroatoms. The Morgan fingerprint density at radius 1 is 1.16 bits per heavy atom. The Morgan fingerprint density at radius 3 is 2.61 bits per heavy atom. The molecule has 1 aromatic carbocycles. The van der Waals surface area contributed by atoms with Gasteiger partial charge in [-0.2, -0.15) is 4.98 Å². The predicted molar refractivity (Wildman–Crippen MR) is 145 cm³/mol. The van der Waals surface area contributed by atoms with Crippen LogP contribution in [-0.2, 0) is 12.5 Å². The number of rotatable bonds is 7. The number of hydrogen-bond donors (Lipinski definition) is 3. The van der Waals surface area contributed by atoms with E-state index >= 15 is 0 Å². The Labute approximate surface area is 219 Å². The van der Waals surface area contributed by atoms with Crippen LogP contribution in [0.1, 0.15) is 26.5 Å². The van der Waals surface area contributed by atoms with Crippen LogP contribution in [0.2, 0.25) is 0 Å². The van der Waals surface area contributed by atoms with E-state index in [0.717, 1.165) is 6.54 Å². The van der Waals surface area contributed by atoms with E-state index in [1.165, 1.54) is 22.8 Å². The second-order valence-electron chi connectivity index (χ2n) is 10.2. The van der Waals surface area contributed by atoms with Gasteiger partial charge in [-0.3, -0.25) is 14.7 Å². The number of carbonyl (C=O) groups excluding carboxylic acids is 1. The van der Waals surface area contributed by atoms with Gasteiger partial charge in [0.05, 0.1) is 5.69 Å². The van der Waals surface area contributed by atoms with Gasteiger partial charge in [-0.05, 0) is 37.9 Å². The first-order chi connectivity index (χ1) is 17.9. The summed E-state index contributed by atoms with van der Waals surface area (Å²) in [5, 5.41) is 12.6. The molecule has 11 nitrogen and oxygen atoms in total. The van der Waals surface area contributed by atoms with E-state index in [1.54, 1.807) is 25.4 Å². The number of carbonyl (C=O) groups is 1. The number of aryl methyl sites for hydroxylation is 1. The number of amides is 2. The molecular formula is C26H31FN8O3. The van der Waals surface area contributed by atoms with Gasteiger partial charge in [-0.25, -0.2) is 14.2 Å². The minimum Gasteiger partial charge on any atom is -0.359 e. The first-order valence-electron chi connectivity index (χ1n) is 12.0. The van der Waals surface area contributed by atoms with E-state index < -0.39 is 11.8 Å². The van der Waals surface area contributed by atoms with Gasteiger partial charge < -0.3 is 20.1 Å². The third-order valence-electron chi connectivity index (χ3n) is 5.81. The van der Waals surface area contributed by atoms with Crippen LogP contribution in [0.5, 0.6) is 0 Å². The quantitative estimate of drug-likeness (QED) is 0.332. The summed E-state index contributed by atoms with van der Waals surface area (Å²) < 4.78 is 21.3. The zero-order valence-electron chi connectivity index (χ0n) is 22.2. The molecule has 4 rings (SSSR count). The summed E-state index contributed by atoms with van der Waals surface area (Å²) in [7, 11) is 5.55. The molecule has 0 aliphatic rings. The number of benzene rings is 1. The van der Waals surface area contributed by atoms with Crippen molar-refractivity contribution in [3.63, 3.8) is 0 Å². The molecule has 0 radical (unpaired) electrons. The fourth-order valence-corrected chi connectivity index (χ4v) is 3.68. The number of urea groups is 1. The van der Waals surface area contributed by atoms with Crippen LogP contribution in [0.3, 0.4) is 0 Å². The highest BCUT2D eigenvalue weighted by Gasteiger charge is 2.21. The highest BCUT2D eigenvalue weighted by atomic mass is 19.1. The molecule has 3 heterocycles. The van der Waals surface area contributed by atoms with Crippen LogP contribution in [0.15, 0.2) is 45.8 Å². The average molecular weight is 523 g/mol. The molecule has 3 aromatic heterocycles. The number of anilines is 3. The maximum Gasteiger partial charge on any atom is 0.325 e. The third kappa shape index (κ3) is 5.97. The first-order valence-corrected chi connectivity index (χ1v) is 12.0. The molecule has 0 atom stereocenters. The molecule has 0 aliphatic heterocycles. The van der Waals surface area contributed by atoms with Crippen molar-refractivity contribution in [2.24, 2.45) is 7.05 Å². The van der Waals surface area contributed by atoms with Crippen molar-refractivity contribution < 1.29 is 13.7 Å². The number of fused-ring (bicyclic) bond motifs is 1. The SMILES string of the molecule is CN(C)CCNc1ncc2cc(-c3ccc(F)c(NC(=O)Nc4cc(C(C)(C)C)on4)c3)c(=O)n(C)c2n1. The molecule has 0 saturated heterocycles. The summed E-state index contributed by atoms with van der Waals surface area (Å²) in [6.07, 6.45) is 1.63. The lowest BCUT2D eigenvalue weighted by Crippen LogP contribution is -2.23. The Kier molecular flexibility index (Phi) is 7.44. The molecule has 0 saturated carbocycles. The molecule has 3 N–H and O–H groups in total. The predicted octanol–water partition coefficient (Wildman–Crippen LogP) is 4.04. The van der Waals surface area contributed by atoms with Crippen molar-refractivity contribution >= 4 is 34.5 Å². The van der Waals surface area contributed by atoms with E-state index in [4.69, 9.17) is 4.52 Å². The number of nitrogens with one attached hydrogen (secondary N) is 3. The van der Waals surface area contributed by atoms with Gasteiger partial charge in [0.25, 0.3) is 5.56 Å². The van der Waals surface area contributed by atoms with Crippen molar-refractivity contribution in [2.45, 2.75) is 26.2 Å². The van der Waals surface area contributed by atoms with Crippen molar-refractivity contribution in [1.82, 2.24) is 24.6 Å². The molecular weight excluding hydrogens is 491 g/mol. The minimum absolute atomic E-state index is 0.0987. The van der Waals surface area contributed by atoms with Gasteiger partial charge in [-0.15, -0.1) is 0 Å². The van der Waals surface area contributed by atoms with Crippen LogP contribution >= 0.6 is 0 Å². The number of hydrogen-bond acceptors (Lipinski definition) is 8. The molecule has 0 unspecified atom stereocenters.